The van der Waals surface area contributed by atoms with E-state index in [2.05, 4.69) is 16.9 Å². The summed E-state index contributed by atoms with van der Waals surface area (Å²) in [5.41, 5.74) is -0.874. The highest BCUT2D eigenvalue weighted by Gasteiger charge is 2.36. The lowest BCUT2D eigenvalue weighted by molar-refractivity contribution is -0.139. The fraction of sp³-hybridized carbons (Fsp3) is 0.429. The van der Waals surface area contributed by atoms with Crippen LogP contribution in [0.25, 0.3) is 0 Å². The van der Waals surface area contributed by atoms with Crippen molar-refractivity contribution in [1.29, 1.82) is 0 Å². The Balaban J connectivity index is 1.65. The van der Waals surface area contributed by atoms with Gasteiger partial charge in [0.1, 0.15) is 11.3 Å². The zero-order valence-electron chi connectivity index (χ0n) is 22.0. The molecule has 0 atom stereocenters. The van der Waals surface area contributed by atoms with Gasteiger partial charge in [0, 0.05) is 30.6 Å². The lowest BCUT2D eigenvalue weighted by Gasteiger charge is -2.34. The Kier molecular flexibility index (Phi) is 8.27. The monoisotopic (exact) mass is 544 g/mol. The molecule has 1 aromatic carbocycles. The molecule has 3 aromatic rings. The number of alkyl halides is 3. The van der Waals surface area contributed by atoms with Gasteiger partial charge in [-0.25, -0.2) is 14.8 Å². The fourth-order valence-electron chi connectivity index (χ4n) is 4.88. The van der Waals surface area contributed by atoms with E-state index in [0.29, 0.717) is 5.92 Å². The number of anilines is 1. The van der Waals surface area contributed by atoms with Crippen LogP contribution >= 0.6 is 0 Å². The highest BCUT2D eigenvalue weighted by molar-refractivity contribution is 6.03. The zero-order chi connectivity index (χ0) is 28.3. The molecule has 2 aromatic heterocycles. The van der Waals surface area contributed by atoms with E-state index in [1.165, 1.54) is 35.8 Å². The first-order valence-electron chi connectivity index (χ1n) is 12.8. The van der Waals surface area contributed by atoms with Gasteiger partial charge in [-0.2, -0.15) is 13.2 Å². The van der Waals surface area contributed by atoms with Gasteiger partial charge in [0.2, 0.25) is 11.8 Å². The summed E-state index contributed by atoms with van der Waals surface area (Å²) in [5, 5.41) is 9.96. The largest absolute Gasteiger partial charge is 0.478 e. The van der Waals surface area contributed by atoms with Gasteiger partial charge in [-0.15, -0.1) is 0 Å². The first-order chi connectivity index (χ1) is 18.4. The summed E-state index contributed by atoms with van der Waals surface area (Å²) < 4.78 is 48.8. The van der Waals surface area contributed by atoms with Gasteiger partial charge in [-0.3, -0.25) is 4.79 Å². The molecule has 0 radical (unpaired) electrons. The maximum Gasteiger partial charge on any atom is 0.421 e. The average molecular weight is 545 g/mol. The first-order valence-corrected chi connectivity index (χ1v) is 12.8. The van der Waals surface area contributed by atoms with Crippen molar-refractivity contribution in [3.05, 3.63) is 65.9 Å². The Labute approximate surface area is 224 Å². The Hall–Kier alpha value is -3.89. The van der Waals surface area contributed by atoms with E-state index < -0.39 is 23.6 Å². The Morgan fingerprint density at radius 1 is 1.18 bits per heavy atom. The molecule has 0 aliphatic heterocycles. The second kappa shape index (κ2) is 11.5. The third-order valence-electron chi connectivity index (χ3n) is 6.93. The molecule has 1 N–H and O–H groups in total. The van der Waals surface area contributed by atoms with Crippen LogP contribution in [0.1, 0.15) is 67.9 Å². The van der Waals surface area contributed by atoms with Crippen LogP contribution in [0.15, 0.2) is 49.2 Å². The van der Waals surface area contributed by atoms with Crippen LogP contribution in [-0.4, -0.2) is 37.6 Å². The summed E-state index contributed by atoms with van der Waals surface area (Å²) in [4.78, 5) is 34.9. The second-order valence-electron chi connectivity index (χ2n) is 10.3. The van der Waals surface area contributed by atoms with Gasteiger partial charge in [0.25, 0.3) is 0 Å². The Morgan fingerprint density at radius 2 is 1.90 bits per heavy atom. The zero-order valence-corrected chi connectivity index (χ0v) is 22.0. The number of nitrogens with zero attached hydrogens (tertiary/aromatic N) is 4. The number of aromatic nitrogens is 3. The van der Waals surface area contributed by atoms with E-state index in [1.807, 2.05) is 0 Å². The maximum absolute atomic E-state index is 13.9. The van der Waals surface area contributed by atoms with Crippen molar-refractivity contribution >= 4 is 17.6 Å². The minimum atomic E-state index is -4.76. The van der Waals surface area contributed by atoms with Gasteiger partial charge in [-0.1, -0.05) is 6.92 Å². The number of rotatable bonds is 8. The minimum Gasteiger partial charge on any atom is -0.478 e. The van der Waals surface area contributed by atoms with Crippen molar-refractivity contribution < 1.29 is 32.6 Å². The van der Waals surface area contributed by atoms with Crippen LogP contribution in [0.2, 0.25) is 0 Å². The summed E-state index contributed by atoms with van der Waals surface area (Å²) in [6.07, 6.45) is 4.43. The molecule has 11 heteroatoms. The van der Waals surface area contributed by atoms with Crippen LogP contribution in [0, 0.1) is 11.8 Å². The predicted octanol–water partition coefficient (Wildman–Crippen LogP) is 6.40. The standard InChI is InChI=1S/C28H31F3N4O4/c1-17(2)35(26(36)20-6-4-18(3)5-7-20)24-9-8-21(13-22(24)27(37)38)39-25-23(28(29,30)31)12-19(14-33-25)15-34-11-10-32-16-34/h8-14,16-18,20H,4-7,15H2,1-3H3,(H,37,38). The molecular formula is C28H31F3N4O4. The van der Waals surface area contributed by atoms with Crippen molar-refractivity contribution in [2.45, 2.75) is 65.2 Å². The van der Waals surface area contributed by atoms with E-state index in [0.717, 1.165) is 37.8 Å². The molecular weight excluding hydrogens is 513 g/mol. The number of carbonyl (C=O) groups excluding carboxylic acids is 1. The van der Waals surface area contributed by atoms with Gasteiger partial charge in [-0.05, 0) is 75.3 Å². The molecule has 4 rings (SSSR count). The van der Waals surface area contributed by atoms with E-state index in [-0.39, 0.29) is 47.0 Å². The van der Waals surface area contributed by atoms with Crippen molar-refractivity contribution in [3.8, 4) is 11.6 Å². The van der Waals surface area contributed by atoms with E-state index >= 15 is 0 Å². The summed E-state index contributed by atoms with van der Waals surface area (Å²) in [6, 6.07) is 4.50. The normalized spacial score (nSPS) is 17.7. The minimum absolute atomic E-state index is 0.132. The van der Waals surface area contributed by atoms with Gasteiger partial charge >= 0.3 is 12.1 Å². The third kappa shape index (κ3) is 6.58. The molecule has 0 unspecified atom stereocenters. The number of amides is 1. The number of hydrogen-bond acceptors (Lipinski definition) is 5. The molecule has 0 spiro atoms. The van der Waals surface area contributed by atoms with Crippen LogP contribution in [0.4, 0.5) is 18.9 Å². The number of imidazole rings is 1. The number of benzene rings is 1. The molecule has 1 amide bonds. The Bertz CT molecular complexity index is 1320. The smallest absolute Gasteiger partial charge is 0.421 e. The highest BCUT2D eigenvalue weighted by Crippen LogP contribution is 2.39. The average Bonchev–Trinajstić information content (AvgIpc) is 3.38. The summed E-state index contributed by atoms with van der Waals surface area (Å²) in [6.45, 7) is 5.87. The molecule has 1 fully saturated rings. The summed E-state index contributed by atoms with van der Waals surface area (Å²) in [5.74, 6) is -1.98. The van der Waals surface area contributed by atoms with Crippen LogP contribution in [0.3, 0.4) is 0 Å². The van der Waals surface area contributed by atoms with E-state index in [9.17, 15) is 27.9 Å². The number of halogens is 3. The molecule has 39 heavy (non-hydrogen) atoms. The third-order valence-corrected chi connectivity index (χ3v) is 6.93. The first kappa shape index (κ1) is 28.1. The van der Waals surface area contributed by atoms with Crippen LogP contribution in [-0.2, 0) is 17.5 Å². The number of pyridine rings is 1. The highest BCUT2D eigenvalue weighted by atomic mass is 19.4. The predicted molar refractivity (Wildman–Crippen MR) is 138 cm³/mol. The fourth-order valence-corrected chi connectivity index (χ4v) is 4.88. The van der Waals surface area contributed by atoms with Crippen molar-refractivity contribution in [3.63, 3.8) is 0 Å². The van der Waals surface area contributed by atoms with Crippen molar-refractivity contribution in [1.82, 2.24) is 14.5 Å². The number of aromatic carboxylic acids is 1. The number of carboxylic acid groups (broad SMARTS) is 1. The van der Waals surface area contributed by atoms with Gasteiger partial charge in [0.05, 0.1) is 24.1 Å². The Morgan fingerprint density at radius 3 is 2.49 bits per heavy atom. The van der Waals surface area contributed by atoms with Crippen LogP contribution in [0.5, 0.6) is 11.6 Å². The summed E-state index contributed by atoms with van der Waals surface area (Å²) >= 11 is 0. The second-order valence-corrected chi connectivity index (χ2v) is 10.3. The molecule has 0 bridgehead atoms. The molecule has 1 saturated carbocycles. The molecule has 8 nitrogen and oxygen atoms in total. The van der Waals surface area contributed by atoms with E-state index in [1.54, 1.807) is 24.6 Å². The molecule has 0 saturated heterocycles. The molecule has 1 aliphatic rings. The molecule has 208 valence electrons. The lowest BCUT2D eigenvalue weighted by Crippen LogP contribution is -2.42. The van der Waals surface area contributed by atoms with Crippen molar-refractivity contribution in [2.75, 3.05) is 4.90 Å². The van der Waals surface area contributed by atoms with E-state index in [4.69, 9.17) is 4.74 Å². The SMILES string of the molecule is CC1CCC(C(=O)N(c2ccc(Oc3ncc(Cn4ccnc4)cc3C(F)(F)F)cc2C(=O)O)C(C)C)CC1. The van der Waals surface area contributed by atoms with Crippen LogP contribution < -0.4 is 9.64 Å². The van der Waals surface area contributed by atoms with Crippen molar-refractivity contribution in [2.24, 2.45) is 11.8 Å². The summed E-state index contributed by atoms with van der Waals surface area (Å²) in [7, 11) is 0. The van der Waals surface area contributed by atoms with Gasteiger partial charge < -0.3 is 19.3 Å². The quantitative estimate of drug-likeness (QED) is 0.352. The molecule has 2 heterocycles. The topological polar surface area (TPSA) is 97.6 Å². The number of hydrogen-bond donors (Lipinski definition) is 1. The maximum atomic E-state index is 13.9. The van der Waals surface area contributed by atoms with Gasteiger partial charge in [0.15, 0.2) is 0 Å². The number of carboxylic acids is 1. The lowest BCUT2D eigenvalue weighted by atomic mass is 9.82. The molecule has 1 aliphatic carbocycles. The number of ether oxygens (including phenoxy) is 1. The number of carbonyl (C=O) groups is 2.